The van der Waals surface area contributed by atoms with E-state index in [4.69, 9.17) is 4.98 Å². The quantitative estimate of drug-likeness (QED) is 0.355. The third-order valence-electron chi connectivity index (χ3n) is 5.69. The van der Waals surface area contributed by atoms with Crippen LogP contribution in [0.2, 0.25) is 0 Å². The molecular weight excluding hydrogens is 469 g/mol. The van der Waals surface area contributed by atoms with E-state index in [0.717, 1.165) is 24.2 Å². The fraction of sp³-hybridized carbons (Fsp3) is 0.800. The van der Waals surface area contributed by atoms with Crippen LogP contribution in [0.1, 0.15) is 75.4 Å². The number of piperidine rings is 1. The number of hydrogen-bond acceptors (Lipinski definition) is 4. The van der Waals surface area contributed by atoms with E-state index in [2.05, 4.69) is 39.8 Å². The molecule has 1 aliphatic carbocycles. The molecule has 2 N–H and O–H groups in total. The van der Waals surface area contributed by atoms with E-state index < -0.39 is 0 Å². The Morgan fingerprint density at radius 1 is 1.22 bits per heavy atom. The Bertz CT molecular complexity index is 575. The van der Waals surface area contributed by atoms with Gasteiger partial charge in [0, 0.05) is 43.5 Å². The van der Waals surface area contributed by atoms with E-state index in [1.807, 2.05) is 7.05 Å². The summed E-state index contributed by atoms with van der Waals surface area (Å²) in [7, 11) is 1.85. The number of nitrogens with one attached hydrogen (secondary N) is 2. The maximum atomic E-state index is 4.69. The minimum atomic E-state index is 0. The number of halogens is 1. The highest BCUT2D eigenvalue weighted by Gasteiger charge is 2.26. The molecule has 7 heteroatoms. The summed E-state index contributed by atoms with van der Waals surface area (Å²) < 4.78 is 0. The molecule has 1 aromatic heterocycles. The zero-order valence-electron chi connectivity index (χ0n) is 17.0. The van der Waals surface area contributed by atoms with E-state index >= 15 is 0 Å². The molecule has 0 atom stereocenters. The number of nitrogens with zero attached hydrogens (tertiary/aromatic N) is 3. The summed E-state index contributed by atoms with van der Waals surface area (Å²) >= 11 is 1.75. The van der Waals surface area contributed by atoms with Crippen LogP contribution >= 0.6 is 35.3 Å². The average molecular weight is 506 g/mol. The first-order valence-corrected chi connectivity index (χ1v) is 11.2. The number of aliphatic imine (C=N–C) groups is 1. The highest BCUT2D eigenvalue weighted by atomic mass is 127. The van der Waals surface area contributed by atoms with Gasteiger partial charge in [0.05, 0.1) is 17.2 Å². The van der Waals surface area contributed by atoms with E-state index in [0.29, 0.717) is 12.0 Å². The van der Waals surface area contributed by atoms with E-state index in [1.165, 1.54) is 63.0 Å². The van der Waals surface area contributed by atoms with Gasteiger partial charge in [-0.15, -0.1) is 35.3 Å². The van der Waals surface area contributed by atoms with Gasteiger partial charge in [0.25, 0.3) is 0 Å². The first-order chi connectivity index (χ1) is 12.7. The van der Waals surface area contributed by atoms with Crippen LogP contribution in [-0.4, -0.2) is 48.1 Å². The molecule has 27 heavy (non-hydrogen) atoms. The summed E-state index contributed by atoms with van der Waals surface area (Å²) in [6.45, 7) is 7.57. The fourth-order valence-corrected chi connectivity index (χ4v) is 4.92. The van der Waals surface area contributed by atoms with Crippen molar-refractivity contribution in [3.8, 4) is 0 Å². The maximum Gasteiger partial charge on any atom is 0.191 e. The Morgan fingerprint density at radius 2 is 1.93 bits per heavy atom. The molecule has 0 spiro atoms. The molecule has 0 unspecified atom stereocenters. The Balaban J connectivity index is 0.00000261. The highest BCUT2D eigenvalue weighted by molar-refractivity contribution is 14.0. The van der Waals surface area contributed by atoms with Crippen molar-refractivity contribution in [3.63, 3.8) is 0 Å². The molecule has 2 aliphatic rings. The second kappa shape index (κ2) is 11.6. The van der Waals surface area contributed by atoms with Crippen molar-refractivity contribution in [1.29, 1.82) is 0 Å². The van der Waals surface area contributed by atoms with Crippen LogP contribution in [0.25, 0.3) is 0 Å². The predicted octanol–water partition coefficient (Wildman–Crippen LogP) is 4.35. The lowest BCUT2D eigenvalue weighted by atomic mass is 9.92. The van der Waals surface area contributed by atoms with Crippen molar-refractivity contribution in [3.05, 3.63) is 16.1 Å². The Hall–Kier alpha value is -0.410. The van der Waals surface area contributed by atoms with Gasteiger partial charge in [-0.2, -0.15) is 0 Å². The molecule has 1 aromatic rings. The third kappa shape index (κ3) is 6.85. The molecule has 3 rings (SSSR count). The minimum absolute atomic E-state index is 0. The zero-order chi connectivity index (χ0) is 18.4. The SMILES string of the molecule is CN=C(NCc1csc(C(C)C)n1)NC1CCN(C2CCCCC2)CC1.I. The molecule has 0 amide bonds. The molecule has 0 bridgehead atoms. The summed E-state index contributed by atoms with van der Waals surface area (Å²) in [5, 5.41) is 10.4. The third-order valence-corrected chi connectivity index (χ3v) is 6.88. The lowest BCUT2D eigenvalue weighted by Crippen LogP contribution is -2.50. The van der Waals surface area contributed by atoms with Crippen LogP contribution in [0.15, 0.2) is 10.4 Å². The molecular formula is C20H36IN5S. The fourth-order valence-electron chi connectivity index (χ4n) is 4.09. The molecule has 0 radical (unpaired) electrons. The van der Waals surface area contributed by atoms with Gasteiger partial charge in [-0.1, -0.05) is 33.1 Å². The second-order valence-electron chi connectivity index (χ2n) is 8.00. The smallest absolute Gasteiger partial charge is 0.191 e. The van der Waals surface area contributed by atoms with Crippen LogP contribution in [0.3, 0.4) is 0 Å². The van der Waals surface area contributed by atoms with E-state index in [-0.39, 0.29) is 24.0 Å². The number of hydrogen-bond donors (Lipinski definition) is 2. The van der Waals surface area contributed by atoms with Crippen LogP contribution in [-0.2, 0) is 6.54 Å². The van der Waals surface area contributed by atoms with Gasteiger partial charge in [0.2, 0.25) is 0 Å². The normalized spacial score (nSPS) is 20.5. The molecule has 2 fully saturated rings. The van der Waals surface area contributed by atoms with Crippen LogP contribution in [0.5, 0.6) is 0 Å². The van der Waals surface area contributed by atoms with Crippen LogP contribution in [0.4, 0.5) is 0 Å². The minimum Gasteiger partial charge on any atom is -0.354 e. The van der Waals surface area contributed by atoms with Crippen LogP contribution in [0, 0.1) is 0 Å². The van der Waals surface area contributed by atoms with E-state index in [9.17, 15) is 0 Å². The molecule has 0 aromatic carbocycles. The summed E-state index contributed by atoms with van der Waals surface area (Å²) in [5.41, 5.74) is 1.11. The van der Waals surface area contributed by atoms with Gasteiger partial charge < -0.3 is 15.5 Å². The molecule has 1 saturated heterocycles. The van der Waals surface area contributed by atoms with E-state index in [1.54, 1.807) is 11.3 Å². The second-order valence-corrected chi connectivity index (χ2v) is 8.89. The number of guanidine groups is 1. The highest BCUT2D eigenvalue weighted by Crippen LogP contribution is 2.25. The number of aromatic nitrogens is 1. The number of likely N-dealkylation sites (tertiary alicyclic amines) is 1. The first-order valence-electron chi connectivity index (χ1n) is 10.3. The first kappa shape index (κ1) is 22.9. The maximum absolute atomic E-state index is 4.69. The summed E-state index contributed by atoms with van der Waals surface area (Å²) in [6, 6.07) is 1.38. The van der Waals surface area contributed by atoms with Gasteiger partial charge in [-0.05, 0) is 25.7 Å². The van der Waals surface area contributed by atoms with Crippen molar-refractivity contribution in [2.75, 3.05) is 20.1 Å². The number of thiazole rings is 1. The summed E-state index contributed by atoms with van der Waals surface area (Å²) in [6.07, 6.45) is 9.54. The average Bonchev–Trinajstić information content (AvgIpc) is 3.16. The number of rotatable bonds is 5. The molecule has 1 aliphatic heterocycles. The summed E-state index contributed by atoms with van der Waals surface area (Å²) in [4.78, 5) is 11.8. The molecule has 1 saturated carbocycles. The Morgan fingerprint density at radius 3 is 2.52 bits per heavy atom. The molecule has 154 valence electrons. The zero-order valence-corrected chi connectivity index (χ0v) is 20.2. The summed E-state index contributed by atoms with van der Waals surface area (Å²) in [5.74, 6) is 1.40. The van der Waals surface area contributed by atoms with Crippen molar-refractivity contribution in [2.24, 2.45) is 4.99 Å². The Labute approximate surface area is 185 Å². The van der Waals surface area contributed by atoms with Crippen molar-refractivity contribution >= 4 is 41.3 Å². The van der Waals surface area contributed by atoms with Crippen LogP contribution < -0.4 is 10.6 Å². The van der Waals surface area contributed by atoms with Crippen molar-refractivity contribution in [2.45, 2.75) is 83.3 Å². The van der Waals surface area contributed by atoms with Crippen molar-refractivity contribution < 1.29 is 0 Å². The van der Waals surface area contributed by atoms with Crippen molar-refractivity contribution in [1.82, 2.24) is 20.5 Å². The topological polar surface area (TPSA) is 52.6 Å². The van der Waals surface area contributed by atoms with Gasteiger partial charge in [-0.3, -0.25) is 4.99 Å². The lowest BCUT2D eigenvalue weighted by Gasteiger charge is -2.39. The Kier molecular flexibility index (Phi) is 9.79. The largest absolute Gasteiger partial charge is 0.354 e. The predicted molar refractivity (Wildman–Crippen MR) is 126 cm³/mol. The van der Waals surface area contributed by atoms with Gasteiger partial charge in [0.1, 0.15) is 0 Å². The van der Waals surface area contributed by atoms with Gasteiger partial charge in [0.15, 0.2) is 5.96 Å². The lowest BCUT2D eigenvalue weighted by molar-refractivity contribution is 0.119. The molecule has 2 heterocycles. The molecule has 5 nitrogen and oxygen atoms in total. The van der Waals surface area contributed by atoms with Gasteiger partial charge in [-0.25, -0.2) is 4.98 Å². The van der Waals surface area contributed by atoms with Gasteiger partial charge >= 0.3 is 0 Å². The standard InChI is InChI=1S/C20H35N5S.HI/c1-15(2)19-23-17(14-26-19)13-22-20(21-3)24-16-9-11-25(12-10-16)18-7-5-4-6-8-18;/h14-16,18H,4-13H2,1-3H3,(H2,21,22,24);1H. The monoisotopic (exact) mass is 505 g/mol.